The summed E-state index contributed by atoms with van der Waals surface area (Å²) in [4.78, 5) is 18.0. The number of methoxy groups -OCH3 is 1. The second-order valence-electron chi connectivity index (χ2n) is 9.26. The van der Waals surface area contributed by atoms with Crippen LogP contribution < -0.4 is 14.9 Å². The van der Waals surface area contributed by atoms with Crippen LogP contribution in [0.5, 0.6) is 11.5 Å². The van der Waals surface area contributed by atoms with Gasteiger partial charge in [-0.15, -0.1) is 6.58 Å². The summed E-state index contributed by atoms with van der Waals surface area (Å²) in [6.07, 6.45) is 3.84. The van der Waals surface area contributed by atoms with Gasteiger partial charge in [0.15, 0.2) is 11.5 Å². The number of hydrogen-bond donors (Lipinski definition) is 1. The number of nitrogens with zero attached hydrogens (tertiary/aromatic N) is 2. The molecule has 204 valence electrons. The lowest BCUT2D eigenvalue weighted by Crippen LogP contribution is -2.18. The molecule has 0 aliphatic rings. The van der Waals surface area contributed by atoms with Gasteiger partial charge in [-0.1, -0.05) is 66.7 Å². The van der Waals surface area contributed by atoms with Crippen LogP contribution in [0.4, 0.5) is 4.39 Å². The highest BCUT2D eigenvalue weighted by Gasteiger charge is 2.15. The van der Waals surface area contributed by atoms with Gasteiger partial charge < -0.3 is 9.47 Å². The zero-order chi connectivity index (χ0) is 28.6. The van der Waals surface area contributed by atoms with E-state index in [1.54, 1.807) is 43.7 Å². The van der Waals surface area contributed by atoms with E-state index in [1.165, 1.54) is 12.1 Å². The Hall–Kier alpha value is -5.30. The third-order valence-corrected chi connectivity index (χ3v) is 6.44. The molecule has 0 saturated heterocycles. The second-order valence-corrected chi connectivity index (χ2v) is 9.26. The monoisotopic (exact) mass is 545 g/mol. The first kappa shape index (κ1) is 27.3. The fourth-order valence-corrected chi connectivity index (χ4v) is 4.46. The number of hydrazone groups is 1. The number of nitrogens with one attached hydrogen (secondary N) is 1. The Morgan fingerprint density at radius 2 is 1.76 bits per heavy atom. The van der Waals surface area contributed by atoms with E-state index in [4.69, 9.17) is 14.5 Å². The topological polar surface area (TPSA) is 72.8 Å². The lowest BCUT2D eigenvalue weighted by molar-refractivity contribution is 0.0956. The van der Waals surface area contributed by atoms with Crippen LogP contribution in [-0.2, 0) is 13.0 Å². The molecule has 0 spiro atoms. The number of halogens is 1. The number of amides is 1. The minimum Gasteiger partial charge on any atom is -0.493 e. The molecular weight excluding hydrogens is 517 g/mol. The van der Waals surface area contributed by atoms with Gasteiger partial charge in [0.25, 0.3) is 5.91 Å². The van der Waals surface area contributed by atoms with Gasteiger partial charge in [-0.3, -0.25) is 4.79 Å². The van der Waals surface area contributed by atoms with Gasteiger partial charge in [-0.2, -0.15) is 5.10 Å². The third kappa shape index (κ3) is 6.47. The molecule has 1 N–H and O–H groups in total. The Morgan fingerprint density at radius 1 is 1.00 bits per heavy atom. The number of hydrogen-bond acceptors (Lipinski definition) is 5. The quantitative estimate of drug-likeness (QED) is 0.115. The number of ether oxygens (including phenoxy) is 2. The van der Waals surface area contributed by atoms with Crippen LogP contribution in [0.2, 0.25) is 0 Å². The average molecular weight is 546 g/mol. The first-order valence-corrected chi connectivity index (χ1v) is 13.0. The lowest BCUT2D eigenvalue weighted by atomic mass is 10.0. The van der Waals surface area contributed by atoms with Gasteiger partial charge in [0, 0.05) is 16.5 Å². The maximum atomic E-state index is 13.3. The predicted octanol–water partition coefficient (Wildman–Crippen LogP) is 7.12. The summed E-state index contributed by atoms with van der Waals surface area (Å²) < 4.78 is 24.9. The van der Waals surface area contributed by atoms with Crippen molar-refractivity contribution in [2.75, 3.05) is 7.11 Å². The molecule has 4 aromatic carbocycles. The van der Waals surface area contributed by atoms with E-state index in [0.29, 0.717) is 34.7 Å². The van der Waals surface area contributed by atoms with E-state index >= 15 is 0 Å². The maximum Gasteiger partial charge on any atom is 0.272 e. The van der Waals surface area contributed by atoms with E-state index in [2.05, 4.69) is 17.1 Å². The van der Waals surface area contributed by atoms with Crippen LogP contribution >= 0.6 is 0 Å². The normalized spacial score (nSPS) is 11.0. The van der Waals surface area contributed by atoms with Gasteiger partial charge in [-0.25, -0.2) is 14.8 Å². The molecule has 7 heteroatoms. The van der Waals surface area contributed by atoms with E-state index in [-0.39, 0.29) is 18.3 Å². The standard InChI is InChI=1S/C34H28FN3O3/c1-3-9-26-18-24(19-32(40-2)33(26)41-22-23-14-16-27(35)17-15-23)21-36-38-34(39)29-20-31(25-10-5-4-6-11-25)37-30-13-8-7-12-28(29)30/h3-8,10-21H,1,9,22H2,2H3,(H,38,39)/b36-21+. The zero-order valence-corrected chi connectivity index (χ0v) is 22.5. The molecular formula is C34H28FN3O3. The highest BCUT2D eigenvalue weighted by Crippen LogP contribution is 2.34. The Labute approximate surface area is 237 Å². The summed E-state index contributed by atoms with van der Waals surface area (Å²) in [5, 5.41) is 4.97. The second kappa shape index (κ2) is 12.7. The molecule has 0 saturated carbocycles. The van der Waals surface area contributed by atoms with Crippen LogP contribution in [0.3, 0.4) is 0 Å². The number of carbonyl (C=O) groups is 1. The van der Waals surface area contributed by atoms with Crippen molar-refractivity contribution in [1.82, 2.24) is 10.4 Å². The predicted molar refractivity (Wildman–Crippen MR) is 160 cm³/mol. The van der Waals surface area contributed by atoms with E-state index in [0.717, 1.165) is 27.6 Å². The van der Waals surface area contributed by atoms with Crippen molar-refractivity contribution < 1.29 is 18.7 Å². The lowest BCUT2D eigenvalue weighted by Gasteiger charge is -2.16. The Morgan fingerprint density at radius 3 is 2.51 bits per heavy atom. The molecule has 41 heavy (non-hydrogen) atoms. The molecule has 1 heterocycles. The molecule has 0 fully saturated rings. The fraction of sp³-hybridized carbons (Fsp3) is 0.0882. The minimum absolute atomic E-state index is 0.245. The highest BCUT2D eigenvalue weighted by atomic mass is 19.1. The van der Waals surface area contributed by atoms with Gasteiger partial charge in [0.05, 0.1) is 30.1 Å². The van der Waals surface area contributed by atoms with Crippen molar-refractivity contribution in [2.24, 2.45) is 5.10 Å². The number of carbonyl (C=O) groups excluding carboxylic acids is 1. The summed E-state index contributed by atoms with van der Waals surface area (Å²) in [5.74, 6) is 0.416. The van der Waals surface area contributed by atoms with Crippen molar-refractivity contribution in [1.29, 1.82) is 0 Å². The minimum atomic E-state index is -0.352. The molecule has 0 atom stereocenters. The number of pyridine rings is 1. The molecule has 1 amide bonds. The van der Waals surface area contributed by atoms with Crippen molar-refractivity contribution in [2.45, 2.75) is 13.0 Å². The molecule has 0 aliphatic carbocycles. The average Bonchev–Trinajstić information content (AvgIpc) is 3.01. The van der Waals surface area contributed by atoms with Crippen molar-refractivity contribution in [3.05, 3.63) is 138 Å². The number of benzene rings is 4. The number of fused-ring (bicyclic) bond motifs is 1. The van der Waals surface area contributed by atoms with Crippen molar-refractivity contribution in [3.63, 3.8) is 0 Å². The van der Waals surface area contributed by atoms with Crippen LogP contribution in [0.25, 0.3) is 22.2 Å². The summed E-state index contributed by atoms with van der Waals surface area (Å²) >= 11 is 0. The summed E-state index contributed by atoms with van der Waals surface area (Å²) in [5.41, 5.74) is 7.83. The molecule has 1 aromatic heterocycles. The van der Waals surface area contributed by atoms with Crippen LogP contribution in [0.15, 0.2) is 115 Å². The smallest absolute Gasteiger partial charge is 0.272 e. The molecule has 0 aliphatic heterocycles. The Balaban J connectivity index is 1.38. The zero-order valence-electron chi connectivity index (χ0n) is 22.5. The summed E-state index contributed by atoms with van der Waals surface area (Å²) in [6.45, 7) is 4.09. The largest absolute Gasteiger partial charge is 0.493 e. The van der Waals surface area contributed by atoms with Gasteiger partial charge in [-0.05, 0) is 53.9 Å². The molecule has 6 nitrogen and oxygen atoms in total. The van der Waals surface area contributed by atoms with Crippen molar-refractivity contribution >= 4 is 23.0 Å². The van der Waals surface area contributed by atoms with Crippen LogP contribution in [0, 0.1) is 5.82 Å². The first-order valence-electron chi connectivity index (χ1n) is 13.0. The molecule has 0 bridgehead atoms. The summed E-state index contributed by atoms with van der Waals surface area (Å²) in [7, 11) is 1.55. The molecule has 0 radical (unpaired) electrons. The number of rotatable bonds is 10. The first-order chi connectivity index (χ1) is 20.1. The molecule has 0 unspecified atom stereocenters. The fourth-order valence-electron chi connectivity index (χ4n) is 4.46. The van der Waals surface area contributed by atoms with Gasteiger partial charge in [0.1, 0.15) is 12.4 Å². The van der Waals surface area contributed by atoms with Crippen LogP contribution in [-0.4, -0.2) is 24.2 Å². The number of allylic oxidation sites excluding steroid dienone is 1. The van der Waals surface area contributed by atoms with E-state index < -0.39 is 0 Å². The van der Waals surface area contributed by atoms with E-state index in [1.807, 2.05) is 60.7 Å². The van der Waals surface area contributed by atoms with E-state index in [9.17, 15) is 9.18 Å². The number of para-hydroxylation sites is 1. The maximum absolute atomic E-state index is 13.3. The molecule has 5 rings (SSSR count). The molecule has 5 aromatic rings. The third-order valence-electron chi connectivity index (χ3n) is 6.44. The summed E-state index contributed by atoms with van der Waals surface area (Å²) in [6, 6.07) is 28.8. The van der Waals surface area contributed by atoms with Crippen LogP contribution in [0.1, 0.15) is 27.0 Å². The van der Waals surface area contributed by atoms with Gasteiger partial charge >= 0.3 is 0 Å². The SMILES string of the molecule is C=CCc1cc(/C=N/NC(=O)c2cc(-c3ccccc3)nc3ccccc23)cc(OC)c1OCc1ccc(F)cc1. The highest BCUT2D eigenvalue weighted by molar-refractivity contribution is 6.07. The van der Waals surface area contributed by atoms with Crippen molar-refractivity contribution in [3.8, 4) is 22.8 Å². The van der Waals surface area contributed by atoms with Gasteiger partial charge in [0.2, 0.25) is 0 Å². The Bertz CT molecular complexity index is 1720. The number of aromatic nitrogens is 1. The Kier molecular flexibility index (Phi) is 8.45.